The van der Waals surface area contributed by atoms with Gasteiger partial charge in [0, 0.05) is 17.3 Å². The van der Waals surface area contributed by atoms with Crippen LogP contribution in [0.4, 0.5) is 10.1 Å². The van der Waals surface area contributed by atoms with E-state index >= 15 is 0 Å². The predicted molar refractivity (Wildman–Crippen MR) is 74.0 cm³/mol. The van der Waals surface area contributed by atoms with Gasteiger partial charge >= 0.3 is 0 Å². The van der Waals surface area contributed by atoms with Crippen LogP contribution in [-0.4, -0.2) is 26.9 Å². The van der Waals surface area contributed by atoms with Crippen molar-refractivity contribution >= 4 is 21.6 Å². The van der Waals surface area contributed by atoms with Crippen LogP contribution in [0.2, 0.25) is 0 Å². The highest BCUT2D eigenvalue weighted by Crippen LogP contribution is 2.21. The number of sulfonamides is 1. The van der Waals surface area contributed by atoms with Crippen LogP contribution < -0.4 is 15.8 Å². The fraction of sp³-hybridized carbons (Fsp3) is 0.417. The molecule has 4 N–H and O–H groups in total. The van der Waals surface area contributed by atoms with Crippen LogP contribution in [0.5, 0.6) is 0 Å². The van der Waals surface area contributed by atoms with Gasteiger partial charge in [0.2, 0.25) is 15.9 Å². The van der Waals surface area contributed by atoms with Crippen LogP contribution in [0.3, 0.4) is 0 Å². The number of benzene rings is 1. The summed E-state index contributed by atoms with van der Waals surface area (Å²) in [7, 11) is -4.00. The molecule has 0 heterocycles. The molecule has 0 spiro atoms. The van der Waals surface area contributed by atoms with Gasteiger partial charge in [0.15, 0.2) is 0 Å². The average molecular weight is 303 g/mol. The minimum absolute atomic E-state index is 0.0000990. The fourth-order valence-electron chi connectivity index (χ4n) is 1.56. The Kier molecular flexibility index (Phi) is 5.07. The van der Waals surface area contributed by atoms with Crippen LogP contribution in [-0.2, 0) is 14.8 Å². The Balaban J connectivity index is 2.93. The van der Waals surface area contributed by atoms with E-state index in [0.717, 1.165) is 12.1 Å². The zero-order valence-electron chi connectivity index (χ0n) is 11.5. The summed E-state index contributed by atoms with van der Waals surface area (Å²) >= 11 is 0. The molecule has 0 atom stereocenters. The number of halogens is 1. The second-order valence-electron chi connectivity index (χ2n) is 4.67. The number of hydrogen-bond acceptors (Lipinski definition) is 4. The van der Waals surface area contributed by atoms with Crippen molar-refractivity contribution in [3.8, 4) is 0 Å². The smallest absolute Gasteiger partial charge is 0.241 e. The lowest BCUT2D eigenvalue weighted by atomic mass is 10.2. The molecule has 0 aliphatic heterocycles. The third kappa shape index (κ3) is 4.17. The fourth-order valence-corrected chi connectivity index (χ4v) is 2.83. The van der Waals surface area contributed by atoms with E-state index in [2.05, 4.69) is 10.0 Å². The Labute approximate surface area is 117 Å². The van der Waals surface area contributed by atoms with Crippen molar-refractivity contribution < 1.29 is 17.6 Å². The van der Waals surface area contributed by atoms with Crippen LogP contribution in [0, 0.1) is 12.7 Å². The molecule has 1 amide bonds. The number of rotatable bonds is 5. The normalized spacial score (nSPS) is 11.7. The molecule has 0 bridgehead atoms. The Morgan fingerprint density at radius 1 is 1.40 bits per heavy atom. The standard InChI is InChI=1S/C12H18FN3O3S/c1-7(2)16-12(17)6-15-20(18,19)11-5-9(14)4-10(13)8(11)3/h4-5,7,15H,6,14H2,1-3H3,(H,16,17). The molecule has 0 saturated heterocycles. The van der Waals surface area contributed by atoms with Crippen LogP contribution >= 0.6 is 0 Å². The van der Waals surface area contributed by atoms with Crippen molar-refractivity contribution in [2.24, 2.45) is 0 Å². The average Bonchev–Trinajstić information content (AvgIpc) is 2.30. The molecular formula is C12H18FN3O3S. The highest BCUT2D eigenvalue weighted by molar-refractivity contribution is 7.89. The molecule has 112 valence electrons. The molecule has 1 aromatic rings. The first-order valence-electron chi connectivity index (χ1n) is 5.98. The van der Waals surface area contributed by atoms with E-state index in [-0.39, 0.29) is 22.2 Å². The van der Waals surface area contributed by atoms with Crippen LogP contribution in [0.1, 0.15) is 19.4 Å². The summed E-state index contributed by atoms with van der Waals surface area (Å²) < 4.78 is 39.7. The van der Waals surface area contributed by atoms with Gasteiger partial charge in [0.05, 0.1) is 11.4 Å². The summed E-state index contributed by atoms with van der Waals surface area (Å²) in [6.45, 7) is 4.42. The number of anilines is 1. The summed E-state index contributed by atoms with van der Waals surface area (Å²) in [6, 6.07) is 2.10. The van der Waals surface area contributed by atoms with Gasteiger partial charge in [-0.05, 0) is 32.9 Å². The van der Waals surface area contributed by atoms with Gasteiger partial charge in [-0.3, -0.25) is 4.79 Å². The molecule has 0 fully saturated rings. The first-order valence-corrected chi connectivity index (χ1v) is 7.46. The monoisotopic (exact) mass is 303 g/mol. The van der Waals surface area contributed by atoms with E-state index in [4.69, 9.17) is 5.73 Å². The second kappa shape index (κ2) is 6.19. The molecule has 20 heavy (non-hydrogen) atoms. The van der Waals surface area contributed by atoms with Crippen LogP contribution in [0.25, 0.3) is 0 Å². The van der Waals surface area contributed by atoms with Crippen LogP contribution in [0.15, 0.2) is 17.0 Å². The largest absolute Gasteiger partial charge is 0.399 e. The van der Waals surface area contributed by atoms with Gasteiger partial charge in [-0.15, -0.1) is 0 Å². The highest BCUT2D eigenvalue weighted by atomic mass is 32.2. The van der Waals surface area contributed by atoms with Gasteiger partial charge < -0.3 is 11.1 Å². The molecule has 0 aliphatic carbocycles. The Morgan fingerprint density at radius 2 is 2.00 bits per heavy atom. The van der Waals surface area contributed by atoms with Crippen molar-refractivity contribution in [2.75, 3.05) is 12.3 Å². The molecule has 1 aromatic carbocycles. The van der Waals surface area contributed by atoms with E-state index in [1.165, 1.54) is 6.92 Å². The Hall–Kier alpha value is -1.67. The maximum atomic E-state index is 13.5. The van der Waals surface area contributed by atoms with E-state index in [1.807, 2.05) is 0 Å². The summed E-state index contributed by atoms with van der Waals surface area (Å²) in [6.07, 6.45) is 0. The lowest BCUT2D eigenvalue weighted by molar-refractivity contribution is -0.120. The topological polar surface area (TPSA) is 101 Å². The van der Waals surface area contributed by atoms with E-state index in [0.29, 0.717) is 0 Å². The zero-order chi connectivity index (χ0) is 15.5. The molecule has 0 aromatic heterocycles. The Bertz CT molecular complexity index is 615. The molecule has 1 rings (SSSR count). The van der Waals surface area contributed by atoms with Crippen molar-refractivity contribution in [1.82, 2.24) is 10.0 Å². The second-order valence-corrected chi connectivity index (χ2v) is 6.41. The lowest BCUT2D eigenvalue weighted by Crippen LogP contribution is -2.40. The third-order valence-corrected chi connectivity index (χ3v) is 4.01. The SMILES string of the molecule is Cc1c(F)cc(N)cc1S(=O)(=O)NCC(=O)NC(C)C. The molecule has 0 aliphatic rings. The first kappa shape index (κ1) is 16.4. The number of nitrogens with one attached hydrogen (secondary N) is 2. The number of carbonyl (C=O) groups is 1. The summed E-state index contributed by atoms with van der Waals surface area (Å²) in [5.41, 5.74) is 5.39. The molecule has 0 unspecified atom stereocenters. The molecule has 6 nitrogen and oxygen atoms in total. The maximum Gasteiger partial charge on any atom is 0.241 e. The molecule has 0 radical (unpaired) electrons. The highest BCUT2D eigenvalue weighted by Gasteiger charge is 2.20. The quantitative estimate of drug-likeness (QED) is 0.690. The van der Waals surface area contributed by atoms with E-state index in [1.54, 1.807) is 13.8 Å². The van der Waals surface area contributed by atoms with Gasteiger partial charge in [-0.1, -0.05) is 0 Å². The minimum Gasteiger partial charge on any atom is -0.399 e. The Morgan fingerprint density at radius 3 is 2.55 bits per heavy atom. The summed E-state index contributed by atoms with van der Waals surface area (Å²) in [4.78, 5) is 11.1. The van der Waals surface area contributed by atoms with Crippen molar-refractivity contribution in [3.05, 3.63) is 23.5 Å². The number of amides is 1. The van der Waals surface area contributed by atoms with Crippen molar-refractivity contribution in [1.29, 1.82) is 0 Å². The molecule has 0 saturated carbocycles. The van der Waals surface area contributed by atoms with E-state index < -0.39 is 28.3 Å². The maximum absolute atomic E-state index is 13.5. The zero-order valence-corrected chi connectivity index (χ0v) is 12.3. The van der Waals surface area contributed by atoms with Crippen molar-refractivity contribution in [3.63, 3.8) is 0 Å². The minimum atomic E-state index is -4.00. The number of nitrogens with two attached hydrogens (primary N) is 1. The van der Waals surface area contributed by atoms with Crippen molar-refractivity contribution in [2.45, 2.75) is 31.7 Å². The number of nitrogen functional groups attached to an aromatic ring is 1. The third-order valence-electron chi connectivity index (χ3n) is 2.48. The molecular weight excluding hydrogens is 285 g/mol. The predicted octanol–water partition coefficient (Wildman–Crippen LogP) is 0.519. The summed E-state index contributed by atoms with van der Waals surface area (Å²) in [5.74, 6) is -1.18. The molecule has 8 heteroatoms. The number of hydrogen-bond donors (Lipinski definition) is 3. The van der Waals surface area contributed by atoms with Gasteiger partial charge in [-0.25, -0.2) is 17.5 Å². The van der Waals surface area contributed by atoms with Gasteiger partial charge in [-0.2, -0.15) is 0 Å². The number of carbonyl (C=O) groups excluding carboxylic acids is 1. The van der Waals surface area contributed by atoms with Gasteiger partial charge in [0.25, 0.3) is 0 Å². The van der Waals surface area contributed by atoms with Gasteiger partial charge in [0.1, 0.15) is 5.82 Å². The summed E-state index contributed by atoms with van der Waals surface area (Å²) in [5, 5.41) is 2.54. The lowest BCUT2D eigenvalue weighted by Gasteiger charge is -2.12. The van der Waals surface area contributed by atoms with E-state index in [9.17, 15) is 17.6 Å². The first-order chi connectivity index (χ1) is 9.13.